The number of alkyl halides is 3. The molecule has 4 nitrogen and oxygen atoms in total. The first kappa shape index (κ1) is 17.3. The zero-order valence-corrected chi connectivity index (χ0v) is 13.4. The summed E-state index contributed by atoms with van der Waals surface area (Å²) in [6, 6.07) is 7.87. The summed E-state index contributed by atoms with van der Waals surface area (Å²) in [6.45, 7) is 1.59. The minimum absolute atomic E-state index is 0.0920. The van der Waals surface area contributed by atoms with Crippen molar-refractivity contribution in [2.24, 2.45) is 0 Å². The maximum absolute atomic E-state index is 12.6. The largest absolute Gasteiger partial charge is 0.457 e. The van der Waals surface area contributed by atoms with Crippen LogP contribution < -0.4 is 4.90 Å². The molecule has 1 aliphatic rings. The van der Waals surface area contributed by atoms with Gasteiger partial charge in [-0.2, -0.15) is 13.2 Å². The van der Waals surface area contributed by atoms with E-state index in [4.69, 9.17) is 4.74 Å². The highest BCUT2D eigenvalue weighted by atomic mass is 19.4. The van der Waals surface area contributed by atoms with Crippen molar-refractivity contribution in [3.05, 3.63) is 59.3 Å². The van der Waals surface area contributed by atoms with E-state index in [1.165, 1.54) is 12.1 Å². The Morgan fingerprint density at radius 1 is 1.12 bits per heavy atom. The van der Waals surface area contributed by atoms with Crippen molar-refractivity contribution in [2.75, 3.05) is 18.0 Å². The molecule has 25 heavy (non-hydrogen) atoms. The highest BCUT2D eigenvalue weighted by molar-refractivity contribution is 5.94. The second-order valence-electron chi connectivity index (χ2n) is 5.84. The van der Waals surface area contributed by atoms with Crippen molar-refractivity contribution in [1.29, 1.82) is 0 Å². The van der Waals surface area contributed by atoms with Crippen molar-refractivity contribution >= 4 is 11.8 Å². The number of ether oxygens (including phenoxy) is 1. The van der Waals surface area contributed by atoms with Crippen LogP contribution in [0.4, 0.5) is 19.0 Å². The van der Waals surface area contributed by atoms with E-state index in [9.17, 15) is 18.0 Å². The molecule has 0 amide bonds. The Morgan fingerprint density at radius 2 is 1.80 bits per heavy atom. The van der Waals surface area contributed by atoms with E-state index in [1.807, 2.05) is 4.90 Å². The van der Waals surface area contributed by atoms with Gasteiger partial charge in [-0.05, 0) is 42.7 Å². The molecule has 3 rings (SSSR count). The normalized spacial score (nSPS) is 14.6. The van der Waals surface area contributed by atoms with Crippen LogP contribution in [0.3, 0.4) is 0 Å². The van der Waals surface area contributed by atoms with Crippen molar-refractivity contribution in [3.8, 4) is 0 Å². The first-order valence-corrected chi connectivity index (χ1v) is 7.98. The molecule has 2 heterocycles. The molecule has 0 N–H and O–H groups in total. The molecular formula is C18H17F3N2O2. The fourth-order valence-corrected chi connectivity index (χ4v) is 2.75. The predicted octanol–water partition coefficient (Wildman–Crippen LogP) is 4.06. The number of pyridine rings is 1. The van der Waals surface area contributed by atoms with Gasteiger partial charge in [0.25, 0.3) is 0 Å². The fraction of sp³-hybridized carbons (Fsp3) is 0.333. The second kappa shape index (κ2) is 7.13. The third-order valence-electron chi connectivity index (χ3n) is 4.06. The van der Waals surface area contributed by atoms with Gasteiger partial charge in [-0.1, -0.05) is 12.1 Å². The second-order valence-corrected chi connectivity index (χ2v) is 5.84. The van der Waals surface area contributed by atoms with Gasteiger partial charge in [0.05, 0.1) is 5.56 Å². The van der Waals surface area contributed by atoms with Crippen LogP contribution in [0.25, 0.3) is 0 Å². The van der Waals surface area contributed by atoms with Crippen LogP contribution in [0.15, 0.2) is 42.6 Å². The Hall–Kier alpha value is -2.57. The average molecular weight is 350 g/mol. The topological polar surface area (TPSA) is 42.4 Å². The van der Waals surface area contributed by atoms with E-state index in [1.54, 1.807) is 18.3 Å². The number of nitrogens with zero attached hydrogens (tertiary/aromatic N) is 2. The summed E-state index contributed by atoms with van der Waals surface area (Å²) >= 11 is 0. The van der Waals surface area contributed by atoms with E-state index in [0.29, 0.717) is 16.9 Å². The van der Waals surface area contributed by atoms with E-state index in [-0.39, 0.29) is 6.61 Å². The minimum Gasteiger partial charge on any atom is -0.457 e. The molecule has 0 radical (unpaired) electrons. The maximum atomic E-state index is 12.6. The van der Waals surface area contributed by atoms with Crippen LogP contribution in [0.2, 0.25) is 0 Å². The number of aromatic nitrogens is 1. The van der Waals surface area contributed by atoms with E-state index < -0.39 is 17.7 Å². The minimum atomic E-state index is -4.38. The van der Waals surface area contributed by atoms with Crippen LogP contribution in [-0.2, 0) is 17.5 Å². The van der Waals surface area contributed by atoms with Crippen LogP contribution in [0.5, 0.6) is 0 Å². The number of halogens is 3. The zero-order valence-electron chi connectivity index (χ0n) is 13.4. The SMILES string of the molecule is O=C(OCc1ccc(C(F)(F)F)cc1)c1cccnc1N1CCCC1. The van der Waals surface area contributed by atoms with Gasteiger partial charge >= 0.3 is 12.1 Å². The van der Waals surface area contributed by atoms with Gasteiger partial charge in [0.1, 0.15) is 18.0 Å². The quantitative estimate of drug-likeness (QED) is 0.780. The predicted molar refractivity (Wildman–Crippen MR) is 86.2 cm³/mol. The molecule has 1 aliphatic heterocycles. The summed E-state index contributed by atoms with van der Waals surface area (Å²) in [5.41, 5.74) is 0.135. The van der Waals surface area contributed by atoms with Crippen LogP contribution in [0.1, 0.15) is 34.3 Å². The number of rotatable bonds is 4. The van der Waals surface area contributed by atoms with Crippen molar-refractivity contribution in [2.45, 2.75) is 25.6 Å². The fourth-order valence-electron chi connectivity index (χ4n) is 2.75. The Morgan fingerprint density at radius 3 is 2.44 bits per heavy atom. The Balaban J connectivity index is 1.67. The zero-order chi connectivity index (χ0) is 17.9. The summed E-state index contributed by atoms with van der Waals surface area (Å²) in [7, 11) is 0. The number of benzene rings is 1. The van der Waals surface area contributed by atoms with Gasteiger partial charge in [0.15, 0.2) is 0 Å². The number of carbonyl (C=O) groups is 1. The van der Waals surface area contributed by atoms with Crippen LogP contribution >= 0.6 is 0 Å². The molecule has 1 aromatic heterocycles. The lowest BCUT2D eigenvalue weighted by Crippen LogP contribution is -2.22. The third-order valence-corrected chi connectivity index (χ3v) is 4.06. The molecule has 2 aromatic rings. The Kier molecular flexibility index (Phi) is 4.92. The highest BCUT2D eigenvalue weighted by Gasteiger charge is 2.30. The van der Waals surface area contributed by atoms with Gasteiger partial charge in [-0.15, -0.1) is 0 Å². The molecule has 0 aliphatic carbocycles. The van der Waals surface area contributed by atoms with Gasteiger partial charge in [0.2, 0.25) is 0 Å². The monoisotopic (exact) mass is 350 g/mol. The van der Waals surface area contributed by atoms with E-state index >= 15 is 0 Å². The number of carbonyl (C=O) groups excluding carboxylic acids is 1. The number of esters is 1. The summed E-state index contributed by atoms with van der Waals surface area (Å²) in [5.74, 6) is 0.0623. The highest BCUT2D eigenvalue weighted by Crippen LogP contribution is 2.29. The summed E-state index contributed by atoms with van der Waals surface area (Å²) < 4.78 is 42.9. The summed E-state index contributed by atoms with van der Waals surface area (Å²) in [6.07, 6.45) is -0.650. The number of hydrogen-bond donors (Lipinski definition) is 0. The molecule has 0 unspecified atom stereocenters. The van der Waals surface area contributed by atoms with Crippen molar-refractivity contribution in [1.82, 2.24) is 4.98 Å². The lowest BCUT2D eigenvalue weighted by molar-refractivity contribution is -0.137. The van der Waals surface area contributed by atoms with Gasteiger partial charge in [-0.3, -0.25) is 0 Å². The van der Waals surface area contributed by atoms with Gasteiger partial charge in [0, 0.05) is 19.3 Å². The Bertz CT molecular complexity index is 739. The van der Waals surface area contributed by atoms with Crippen molar-refractivity contribution in [3.63, 3.8) is 0 Å². The third kappa shape index (κ3) is 4.10. The van der Waals surface area contributed by atoms with Gasteiger partial charge in [-0.25, -0.2) is 9.78 Å². The lowest BCUT2D eigenvalue weighted by Gasteiger charge is -2.19. The molecule has 132 valence electrons. The number of anilines is 1. The molecule has 0 saturated carbocycles. The van der Waals surface area contributed by atoms with Crippen LogP contribution in [0, 0.1) is 0 Å². The average Bonchev–Trinajstić information content (AvgIpc) is 3.14. The number of hydrogen-bond acceptors (Lipinski definition) is 4. The molecule has 1 saturated heterocycles. The van der Waals surface area contributed by atoms with Crippen LogP contribution in [-0.4, -0.2) is 24.0 Å². The molecule has 7 heteroatoms. The lowest BCUT2D eigenvalue weighted by atomic mass is 10.1. The summed E-state index contributed by atoms with van der Waals surface area (Å²) in [5, 5.41) is 0. The molecule has 1 aromatic carbocycles. The molecule has 0 bridgehead atoms. The van der Waals surface area contributed by atoms with E-state index in [0.717, 1.165) is 38.1 Å². The molecule has 0 spiro atoms. The maximum Gasteiger partial charge on any atom is 0.416 e. The van der Waals surface area contributed by atoms with Gasteiger partial charge < -0.3 is 9.64 Å². The summed E-state index contributed by atoms with van der Waals surface area (Å²) in [4.78, 5) is 18.7. The smallest absolute Gasteiger partial charge is 0.416 e. The molecular weight excluding hydrogens is 333 g/mol. The first-order valence-electron chi connectivity index (χ1n) is 7.98. The molecule has 1 fully saturated rings. The van der Waals surface area contributed by atoms with E-state index in [2.05, 4.69) is 4.98 Å². The standard InChI is InChI=1S/C18H17F3N2O2/c19-18(20,21)14-7-5-13(6-8-14)12-25-17(24)15-4-3-9-22-16(15)23-10-1-2-11-23/h3-9H,1-2,10-12H2. The molecule has 0 atom stereocenters. The Labute approximate surface area is 143 Å². The first-order chi connectivity index (χ1) is 11.9. The van der Waals surface area contributed by atoms with Crippen molar-refractivity contribution < 1.29 is 22.7 Å².